The second-order valence-corrected chi connectivity index (χ2v) is 6.50. The van der Waals surface area contributed by atoms with Gasteiger partial charge < -0.3 is 14.3 Å². The molecule has 6 nitrogen and oxygen atoms in total. The number of aromatic nitrogens is 2. The van der Waals surface area contributed by atoms with E-state index in [0.717, 1.165) is 24.3 Å². The smallest absolute Gasteiger partial charge is 0.416 e. The first-order valence-electron chi connectivity index (χ1n) is 8.66. The molecular formula is C20H16F4N2O4. The van der Waals surface area contributed by atoms with Gasteiger partial charge in [-0.3, -0.25) is 4.79 Å². The Balaban J connectivity index is 2.23. The van der Waals surface area contributed by atoms with Crippen LogP contribution in [-0.4, -0.2) is 28.4 Å². The Hall–Kier alpha value is -3.43. The van der Waals surface area contributed by atoms with Crippen LogP contribution in [0.5, 0.6) is 5.75 Å². The molecule has 0 amide bonds. The molecule has 0 bridgehead atoms. The van der Waals surface area contributed by atoms with Crippen molar-refractivity contribution in [1.82, 2.24) is 10.2 Å². The van der Waals surface area contributed by atoms with Crippen LogP contribution in [-0.2, 0) is 11.0 Å². The highest BCUT2D eigenvalue weighted by atomic mass is 19.4. The molecule has 0 spiro atoms. The van der Waals surface area contributed by atoms with Crippen LogP contribution in [0.15, 0.2) is 40.8 Å². The summed E-state index contributed by atoms with van der Waals surface area (Å²) in [6.07, 6.45) is -5.28. The first-order valence-corrected chi connectivity index (χ1v) is 8.66. The van der Waals surface area contributed by atoms with Crippen molar-refractivity contribution in [3.63, 3.8) is 0 Å². The van der Waals surface area contributed by atoms with Gasteiger partial charge >= 0.3 is 12.1 Å². The number of methoxy groups -OCH3 is 1. The van der Waals surface area contributed by atoms with E-state index in [1.807, 2.05) is 0 Å². The summed E-state index contributed by atoms with van der Waals surface area (Å²) in [4.78, 5) is 11.4. The van der Waals surface area contributed by atoms with Crippen molar-refractivity contribution in [2.45, 2.75) is 25.4 Å². The zero-order valence-electron chi connectivity index (χ0n) is 15.8. The molecule has 1 unspecified atom stereocenters. The van der Waals surface area contributed by atoms with E-state index in [-0.39, 0.29) is 34.2 Å². The van der Waals surface area contributed by atoms with Crippen LogP contribution in [0.25, 0.3) is 11.1 Å². The van der Waals surface area contributed by atoms with Crippen molar-refractivity contribution in [2.24, 2.45) is 0 Å². The molecular weight excluding hydrogens is 408 g/mol. The Morgan fingerprint density at radius 3 is 2.50 bits per heavy atom. The molecule has 10 heteroatoms. The summed E-state index contributed by atoms with van der Waals surface area (Å²) in [7, 11) is 1.27. The van der Waals surface area contributed by atoms with E-state index in [2.05, 4.69) is 10.2 Å². The molecule has 1 aromatic heterocycles. The van der Waals surface area contributed by atoms with E-state index >= 15 is 0 Å². The second-order valence-electron chi connectivity index (χ2n) is 6.50. The lowest BCUT2D eigenvalue weighted by Crippen LogP contribution is -2.12. The summed E-state index contributed by atoms with van der Waals surface area (Å²) in [5, 5.41) is 16.7. The van der Waals surface area contributed by atoms with Crippen LogP contribution in [0, 0.1) is 12.7 Å². The van der Waals surface area contributed by atoms with Gasteiger partial charge in [-0.1, -0.05) is 6.07 Å². The summed E-state index contributed by atoms with van der Waals surface area (Å²) in [6, 6.07) is 6.52. The molecule has 30 heavy (non-hydrogen) atoms. The van der Waals surface area contributed by atoms with E-state index in [1.165, 1.54) is 26.2 Å². The Kier molecular flexibility index (Phi) is 5.77. The van der Waals surface area contributed by atoms with E-state index in [4.69, 9.17) is 9.15 Å². The average molecular weight is 424 g/mol. The average Bonchev–Trinajstić information content (AvgIpc) is 3.10. The molecule has 2 aromatic carbocycles. The lowest BCUT2D eigenvalue weighted by atomic mass is 9.90. The number of alkyl halides is 3. The quantitative estimate of drug-likeness (QED) is 0.571. The molecule has 0 radical (unpaired) electrons. The minimum absolute atomic E-state index is 0.0113. The number of hydrogen-bond acceptors (Lipinski definition) is 5. The van der Waals surface area contributed by atoms with Gasteiger partial charge in [0.2, 0.25) is 11.8 Å². The lowest BCUT2D eigenvalue weighted by Gasteiger charge is -2.18. The maximum Gasteiger partial charge on any atom is 0.416 e. The van der Waals surface area contributed by atoms with E-state index in [1.54, 1.807) is 0 Å². The third-order valence-corrected chi connectivity index (χ3v) is 4.38. The van der Waals surface area contributed by atoms with Crippen molar-refractivity contribution in [2.75, 3.05) is 7.11 Å². The van der Waals surface area contributed by atoms with Crippen molar-refractivity contribution >= 4 is 5.97 Å². The topological polar surface area (TPSA) is 85.5 Å². The van der Waals surface area contributed by atoms with Crippen LogP contribution in [0.3, 0.4) is 0 Å². The molecule has 0 aliphatic rings. The van der Waals surface area contributed by atoms with Crippen LogP contribution < -0.4 is 4.74 Å². The maximum absolute atomic E-state index is 13.6. The van der Waals surface area contributed by atoms with Crippen LogP contribution >= 0.6 is 0 Å². The predicted octanol–water partition coefficient (Wildman–Crippen LogP) is 4.82. The number of rotatable bonds is 6. The third kappa shape index (κ3) is 4.58. The third-order valence-electron chi connectivity index (χ3n) is 4.38. The van der Waals surface area contributed by atoms with Gasteiger partial charge in [-0.15, -0.1) is 10.2 Å². The van der Waals surface area contributed by atoms with Gasteiger partial charge in [0.15, 0.2) is 0 Å². The molecule has 3 rings (SSSR count). The van der Waals surface area contributed by atoms with Crippen LogP contribution in [0.1, 0.15) is 35.2 Å². The van der Waals surface area contributed by atoms with Gasteiger partial charge in [0.05, 0.1) is 25.0 Å². The lowest BCUT2D eigenvalue weighted by molar-refractivity contribution is -0.138. The van der Waals surface area contributed by atoms with Crippen LogP contribution in [0.2, 0.25) is 0 Å². The summed E-state index contributed by atoms with van der Waals surface area (Å²) in [6.45, 7) is 1.48. The van der Waals surface area contributed by atoms with Crippen molar-refractivity contribution < 1.29 is 36.6 Å². The Bertz CT molecular complexity index is 1080. The van der Waals surface area contributed by atoms with Crippen LogP contribution in [0.4, 0.5) is 17.6 Å². The summed E-state index contributed by atoms with van der Waals surface area (Å²) < 4.78 is 64.7. The molecule has 0 aliphatic carbocycles. The Labute approximate surface area is 168 Å². The Morgan fingerprint density at radius 2 is 1.93 bits per heavy atom. The highest BCUT2D eigenvalue weighted by molar-refractivity contribution is 5.73. The molecule has 0 saturated heterocycles. The predicted molar refractivity (Wildman–Crippen MR) is 96.5 cm³/mol. The van der Waals surface area contributed by atoms with Gasteiger partial charge in [-0.25, -0.2) is 4.39 Å². The minimum Gasteiger partial charge on any atom is -0.496 e. The normalized spacial score (nSPS) is 12.6. The molecule has 0 fully saturated rings. The van der Waals surface area contributed by atoms with Crippen molar-refractivity contribution in [3.8, 4) is 16.9 Å². The minimum atomic E-state index is -4.71. The highest BCUT2D eigenvalue weighted by Crippen LogP contribution is 2.39. The van der Waals surface area contributed by atoms with Gasteiger partial charge in [-0.05, 0) is 35.4 Å². The molecule has 3 aromatic rings. The standard InChI is InChI=1S/C20H16F4N2O4/c1-10-25-26-19(30-10)16(9-18(27)28)12-5-11(6-13(7-12)20(22,23)24)15-4-3-14(21)8-17(15)29-2/h3-8,16H,9H2,1-2H3,(H,27,28). The van der Waals surface area contributed by atoms with E-state index in [9.17, 15) is 27.5 Å². The number of halogens is 4. The molecule has 1 heterocycles. The van der Waals surface area contributed by atoms with Crippen molar-refractivity contribution in [3.05, 3.63) is 65.1 Å². The summed E-state index contributed by atoms with van der Waals surface area (Å²) in [5.41, 5.74) is -0.712. The molecule has 158 valence electrons. The van der Waals surface area contributed by atoms with Gasteiger partial charge in [0.25, 0.3) is 0 Å². The monoisotopic (exact) mass is 424 g/mol. The number of aryl methyl sites for hydroxylation is 1. The fraction of sp³-hybridized carbons (Fsp3) is 0.250. The fourth-order valence-electron chi connectivity index (χ4n) is 3.05. The van der Waals surface area contributed by atoms with E-state index < -0.39 is 35.9 Å². The number of aliphatic carboxylic acids is 1. The zero-order valence-corrected chi connectivity index (χ0v) is 15.8. The first-order chi connectivity index (χ1) is 14.1. The molecule has 1 atom stereocenters. The maximum atomic E-state index is 13.6. The number of nitrogens with zero attached hydrogens (tertiary/aromatic N) is 2. The van der Waals surface area contributed by atoms with Gasteiger partial charge in [0.1, 0.15) is 11.6 Å². The number of benzene rings is 2. The first kappa shape index (κ1) is 21.3. The molecule has 0 aliphatic heterocycles. The largest absolute Gasteiger partial charge is 0.496 e. The molecule has 1 N–H and O–H groups in total. The number of carboxylic acids is 1. The number of carboxylic acid groups (broad SMARTS) is 1. The van der Waals surface area contributed by atoms with E-state index in [0.29, 0.717) is 0 Å². The second kappa shape index (κ2) is 8.13. The Morgan fingerprint density at radius 1 is 1.20 bits per heavy atom. The number of hydrogen-bond donors (Lipinski definition) is 1. The number of ether oxygens (including phenoxy) is 1. The summed E-state index contributed by atoms with van der Waals surface area (Å²) in [5.74, 6) is -2.93. The number of carbonyl (C=O) groups is 1. The fourth-order valence-corrected chi connectivity index (χ4v) is 3.05. The van der Waals surface area contributed by atoms with Gasteiger partial charge in [0, 0.05) is 18.6 Å². The van der Waals surface area contributed by atoms with Gasteiger partial charge in [-0.2, -0.15) is 13.2 Å². The molecule has 0 saturated carbocycles. The SMILES string of the molecule is COc1cc(F)ccc1-c1cc(C(CC(=O)O)c2nnc(C)o2)cc(C(F)(F)F)c1. The summed E-state index contributed by atoms with van der Waals surface area (Å²) >= 11 is 0. The van der Waals surface area contributed by atoms with Crippen molar-refractivity contribution in [1.29, 1.82) is 0 Å². The highest BCUT2D eigenvalue weighted by Gasteiger charge is 2.33. The zero-order chi connectivity index (χ0) is 22.1.